The predicted octanol–water partition coefficient (Wildman–Crippen LogP) is 4.10. The van der Waals surface area contributed by atoms with Crippen molar-refractivity contribution < 1.29 is 0 Å². The molecule has 0 aromatic rings. The SMILES string of the molecule is CC1=C(C)C(=C2C=CC=C2)C(C)=C1C. The molecule has 0 amide bonds. The molecular weight excluding hydrogens is 168 g/mol. The molecular formula is C14H16. The predicted molar refractivity (Wildman–Crippen MR) is 62.1 cm³/mol. The van der Waals surface area contributed by atoms with Gasteiger partial charge in [0.2, 0.25) is 0 Å². The minimum atomic E-state index is 1.36. The highest BCUT2D eigenvalue weighted by molar-refractivity contribution is 5.67. The highest BCUT2D eigenvalue weighted by Crippen LogP contribution is 2.38. The van der Waals surface area contributed by atoms with Crippen LogP contribution in [0.3, 0.4) is 0 Å². The van der Waals surface area contributed by atoms with Gasteiger partial charge in [-0.25, -0.2) is 0 Å². The number of hydrogen-bond acceptors (Lipinski definition) is 0. The van der Waals surface area contributed by atoms with Crippen molar-refractivity contribution in [1.82, 2.24) is 0 Å². The Balaban J connectivity index is 2.65. The lowest BCUT2D eigenvalue weighted by Gasteiger charge is -2.05. The summed E-state index contributed by atoms with van der Waals surface area (Å²) in [5.74, 6) is 0. The van der Waals surface area contributed by atoms with Crippen LogP contribution in [0.2, 0.25) is 0 Å². The van der Waals surface area contributed by atoms with Crippen LogP contribution in [0.4, 0.5) is 0 Å². The third-order valence-corrected chi connectivity index (χ3v) is 3.39. The molecule has 0 heterocycles. The molecule has 2 aliphatic rings. The molecule has 0 nitrogen and oxygen atoms in total. The molecule has 0 fully saturated rings. The molecule has 0 unspecified atom stereocenters. The molecule has 0 heteroatoms. The van der Waals surface area contributed by atoms with Crippen molar-refractivity contribution in [2.45, 2.75) is 27.7 Å². The van der Waals surface area contributed by atoms with Gasteiger partial charge < -0.3 is 0 Å². The zero-order valence-electron chi connectivity index (χ0n) is 9.31. The number of rotatable bonds is 0. The third kappa shape index (κ3) is 1.14. The maximum atomic E-state index is 2.22. The fourth-order valence-electron chi connectivity index (χ4n) is 2.19. The molecule has 0 atom stereocenters. The van der Waals surface area contributed by atoms with E-state index in [9.17, 15) is 0 Å². The van der Waals surface area contributed by atoms with Crippen molar-refractivity contribution >= 4 is 0 Å². The summed E-state index contributed by atoms with van der Waals surface area (Å²) < 4.78 is 0. The normalized spacial score (nSPS) is 20.9. The Morgan fingerprint density at radius 1 is 0.643 bits per heavy atom. The van der Waals surface area contributed by atoms with E-state index in [1.165, 1.54) is 33.4 Å². The lowest BCUT2D eigenvalue weighted by molar-refractivity contribution is 1.31. The van der Waals surface area contributed by atoms with E-state index in [0.29, 0.717) is 0 Å². The molecule has 0 N–H and O–H groups in total. The molecule has 0 bridgehead atoms. The molecule has 0 saturated heterocycles. The van der Waals surface area contributed by atoms with E-state index in [1.54, 1.807) is 0 Å². The Morgan fingerprint density at radius 2 is 1.07 bits per heavy atom. The number of hydrogen-bond donors (Lipinski definition) is 0. The Kier molecular flexibility index (Phi) is 2.07. The highest BCUT2D eigenvalue weighted by Gasteiger charge is 2.20. The third-order valence-electron chi connectivity index (χ3n) is 3.39. The maximum Gasteiger partial charge on any atom is -0.0120 e. The van der Waals surface area contributed by atoms with Gasteiger partial charge in [-0.1, -0.05) is 24.3 Å². The second-order valence-corrected chi connectivity index (χ2v) is 4.05. The summed E-state index contributed by atoms with van der Waals surface area (Å²) >= 11 is 0. The van der Waals surface area contributed by atoms with Crippen molar-refractivity contribution in [2.24, 2.45) is 0 Å². The Morgan fingerprint density at radius 3 is 1.50 bits per heavy atom. The lowest BCUT2D eigenvalue weighted by Crippen LogP contribution is -1.87. The molecule has 0 spiro atoms. The van der Waals surface area contributed by atoms with Gasteiger partial charge in [-0.05, 0) is 61.1 Å². The number of allylic oxidation sites excluding steroid dienone is 10. The van der Waals surface area contributed by atoms with E-state index in [4.69, 9.17) is 0 Å². The first-order chi connectivity index (χ1) is 6.63. The van der Waals surface area contributed by atoms with Crippen molar-refractivity contribution in [3.63, 3.8) is 0 Å². The minimum Gasteiger partial charge on any atom is -0.0616 e. The molecule has 0 saturated carbocycles. The Bertz CT molecular complexity index is 395. The van der Waals surface area contributed by atoms with Gasteiger partial charge in [-0.2, -0.15) is 0 Å². The first-order valence-corrected chi connectivity index (χ1v) is 5.08. The topological polar surface area (TPSA) is 0 Å². The summed E-state index contributed by atoms with van der Waals surface area (Å²) in [5, 5.41) is 0. The molecule has 0 aromatic heterocycles. The molecule has 0 radical (unpaired) electrons. The van der Waals surface area contributed by atoms with Gasteiger partial charge in [0.05, 0.1) is 0 Å². The zero-order valence-corrected chi connectivity index (χ0v) is 9.31. The van der Waals surface area contributed by atoms with Crippen molar-refractivity contribution in [3.8, 4) is 0 Å². The summed E-state index contributed by atoms with van der Waals surface area (Å²) in [7, 11) is 0. The fraction of sp³-hybridized carbons (Fsp3) is 0.286. The molecule has 0 aliphatic heterocycles. The van der Waals surface area contributed by atoms with E-state index in [1.807, 2.05) is 0 Å². The molecule has 14 heavy (non-hydrogen) atoms. The van der Waals surface area contributed by atoms with Crippen LogP contribution in [0.1, 0.15) is 27.7 Å². The standard InChI is InChI=1S/C14H16/c1-9-10(2)12(4)14(11(9)3)13-7-5-6-8-13/h5-8H,1-4H3. The fourth-order valence-corrected chi connectivity index (χ4v) is 2.19. The monoisotopic (exact) mass is 184 g/mol. The van der Waals surface area contributed by atoms with Crippen LogP contribution in [-0.4, -0.2) is 0 Å². The summed E-state index contributed by atoms with van der Waals surface area (Å²) in [4.78, 5) is 0. The van der Waals surface area contributed by atoms with Crippen LogP contribution in [0, 0.1) is 0 Å². The van der Waals surface area contributed by atoms with Crippen molar-refractivity contribution in [2.75, 3.05) is 0 Å². The summed E-state index contributed by atoms with van der Waals surface area (Å²) in [6.45, 7) is 8.86. The van der Waals surface area contributed by atoms with Crippen LogP contribution in [0.15, 0.2) is 57.7 Å². The van der Waals surface area contributed by atoms with Gasteiger partial charge in [0.15, 0.2) is 0 Å². The second kappa shape index (κ2) is 3.13. The first-order valence-electron chi connectivity index (χ1n) is 5.08. The Labute approximate surface area is 86.0 Å². The lowest BCUT2D eigenvalue weighted by atomic mass is 9.99. The van der Waals surface area contributed by atoms with Gasteiger partial charge in [-0.15, -0.1) is 0 Å². The summed E-state index contributed by atoms with van der Waals surface area (Å²) in [6, 6.07) is 0. The quantitative estimate of drug-likeness (QED) is 0.532. The van der Waals surface area contributed by atoms with Crippen molar-refractivity contribution in [1.29, 1.82) is 0 Å². The van der Waals surface area contributed by atoms with Crippen LogP contribution in [0.5, 0.6) is 0 Å². The zero-order chi connectivity index (χ0) is 10.3. The van der Waals surface area contributed by atoms with E-state index in [2.05, 4.69) is 52.0 Å². The first kappa shape index (κ1) is 9.26. The van der Waals surface area contributed by atoms with Gasteiger partial charge in [-0.3, -0.25) is 0 Å². The Hall–Kier alpha value is -1.30. The highest BCUT2D eigenvalue weighted by atomic mass is 14.2. The van der Waals surface area contributed by atoms with Crippen LogP contribution >= 0.6 is 0 Å². The van der Waals surface area contributed by atoms with Crippen LogP contribution in [-0.2, 0) is 0 Å². The average Bonchev–Trinajstić information content (AvgIpc) is 2.73. The minimum absolute atomic E-state index is 1.36. The molecule has 2 aliphatic carbocycles. The smallest absolute Gasteiger partial charge is 0.0120 e. The second-order valence-electron chi connectivity index (χ2n) is 4.05. The maximum absolute atomic E-state index is 2.22. The summed E-state index contributed by atoms with van der Waals surface area (Å²) in [6.07, 6.45) is 8.58. The average molecular weight is 184 g/mol. The van der Waals surface area contributed by atoms with E-state index >= 15 is 0 Å². The van der Waals surface area contributed by atoms with E-state index in [-0.39, 0.29) is 0 Å². The largest absolute Gasteiger partial charge is 0.0616 e. The van der Waals surface area contributed by atoms with Crippen LogP contribution < -0.4 is 0 Å². The van der Waals surface area contributed by atoms with E-state index < -0.39 is 0 Å². The van der Waals surface area contributed by atoms with Gasteiger partial charge >= 0.3 is 0 Å². The van der Waals surface area contributed by atoms with Gasteiger partial charge in [0, 0.05) is 0 Å². The van der Waals surface area contributed by atoms with Crippen molar-refractivity contribution in [3.05, 3.63) is 57.7 Å². The summed E-state index contributed by atoms with van der Waals surface area (Å²) in [5.41, 5.74) is 8.55. The molecule has 2 rings (SSSR count). The molecule has 0 aromatic carbocycles. The van der Waals surface area contributed by atoms with Gasteiger partial charge in [0.25, 0.3) is 0 Å². The van der Waals surface area contributed by atoms with E-state index in [0.717, 1.165) is 0 Å². The van der Waals surface area contributed by atoms with Crippen LogP contribution in [0.25, 0.3) is 0 Å². The molecule has 72 valence electrons. The van der Waals surface area contributed by atoms with Gasteiger partial charge in [0.1, 0.15) is 0 Å².